The molecule has 5 heteroatoms. The molecule has 0 aliphatic carbocycles. The van der Waals surface area contributed by atoms with E-state index in [0.29, 0.717) is 5.82 Å². The predicted molar refractivity (Wildman–Crippen MR) is 58.0 cm³/mol. The van der Waals surface area contributed by atoms with Crippen LogP contribution in [0.1, 0.15) is 12.7 Å². The standard InChI is InChI=1S/C10H13N5/c1-3-10-13-7(6-9(11)14-10)8-4-5-12-15(8)2/h4-6H,3H2,1-2H3,(H2,11,13,14). The van der Waals surface area contributed by atoms with E-state index in [1.165, 1.54) is 0 Å². The molecule has 5 nitrogen and oxygen atoms in total. The molecule has 0 saturated heterocycles. The molecule has 0 atom stereocenters. The second kappa shape index (κ2) is 3.68. The molecule has 0 spiro atoms. The Kier molecular flexibility index (Phi) is 2.37. The molecular formula is C10H13N5. The van der Waals surface area contributed by atoms with Gasteiger partial charge in [-0.3, -0.25) is 4.68 Å². The molecule has 2 aromatic heterocycles. The molecule has 0 amide bonds. The lowest BCUT2D eigenvalue weighted by Crippen LogP contribution is -2.02. The largest absolute Gasteiger partial charge is 0.384 e. The van der Waals surface area contributed by atoms with Crippen molar-refractivity contribution in [2.24, 2.45) is 7.05 Å². The highest BCUT2D eigenvalue weighted by molar-refractivity contribution is 5.57. The minimum Gasteiger partial charge on any atom is -0.384 e. The van der Waals surface area contributed by atoms with Crippen LogP contribution in [0, 0.1) is 0 Å². The number of nitrogens with zero attached hydrogens (tertiary/aromatic N) is 4. The van der Waals surface area contributed by atoms with Crippen molar-refractivity contribution < 1.29 is 0 Å². The third-order valence-electron chi connectivity index (χ3n) is 2.19. The number of hydrogen-bond acceptors (Lipinski definition) is 4. The van der Waals surface area contributed by atoms with Crippen LogP contribution in [0.2, 0.25) is 0 Å². The Labute approximate surface area is 88.0 Å². The SMILES string of the molecule is CCc1nc(N)cc(-c2ccnn2C)n1. The van der Waals surface area contributed by atoms with E-state index >= 15 is 0 Å². The smallest absolute Gasteiger partial charge is 0.131 e. The Bertz CT molecular complexity index is 474. The number of nitrogen functional groups attached to an aromatic ring is 1. The van der Waals surface area contributed by atoms with E-state index in [-0.39, 0.29) is 0 Å². The maximum absolute atomic E-state index is 5.71. The third kappa shape index (κ3) is 1.81. The van der Waals surface area contributed by atoms with Crippen LogP contribution in [0.5, 0.6) is 0 Å². The van der Waals surface area contributed by atoms with Gasteiger partial charge in [-0.25, -0.2) is 9.97 Å². The Morgan fingerprint density at radius 1 is 1.40 bits per heavy atom. The van der Waals surface area contributed by atoms with Crippen molar-refractivity contribution in [2.45, 2.75) is 13.3 Å². The van der Waals surface area contributed by atoms with Crippen LogP contribution in [0.15, 0.2) is 18.3 Å². The lowest BCUT2D eigenvalue weighted by atomic mass is 10.3. The van der Waals surface area contributed by atoms with Gasteiger partial charge in [0, 0.05) is 25.7 Å². The molecule has 2 rings (SSSR count). The van der Waals surface area contributed by atoms with Crippen LogP contribution in [0.25, 0.3) is 11.4 Å². The van der Waals surface area contributed by atoms with Gasteiger partial charge in [0.2, 0.25) is 0 Å². The highest BCUT2D eigenvalue weighted by atomic mass is 15.3. The van der Waals surface area contributed by atoms with Crippen LogP contribution in [0.4, 0.5) is 5.82 Å². The molecule has 0 unspecified atom stereocenters. The van der Waals surface area contributed by atoms with Gasteiger partial charge in [-0.1, -0.05) is 6.92 Å². The van der Waals surface area contributed by atoms with Gasteiger partial charge in [0.1, 0.15) is 11.6 Å². The summed E-state index contributed by atoms with van der Waals surface area (Å²) in [6.45, 7) is 2.00. The molecule has 2 heterocycles. The van der Waals surface area contributed by atoms with Crippen LogP contribution in [-0.2, 0) is 13.5 Å². The first-order valence-corrected chi connectivity index (χ1v) is 4.82. The zero-order chi connectivity index (χ0) is 10.8. The fourth-order valence-electron chi connectivity index (χ4n) is 1.43. The molecule has 0 bridgehead atoms. The number of aryl methyl sites for hydroxylation is 2. The number of aromatic nitrogens is 4. The van der Waals surface area contributed by atoms with Gasteiger partial charge in [0.25, 0.3) is 0 Å². The summed E-state index contributed by atoms with van der Waals surface area (Å²) in [5.41, 5.74) is 7.47. The van der Waals surface area contributed by atoms with Crippen LogP contribution >= 0.6 is 0 Å². The van der Waals surface area contributed by atoms with E-state index in [0.717, 1.165) is 23.6 Å². The second-order valence-electron chi connectivity index (χ2n) is 3.29. The van der Waals surface area contributed by atoms with Crippen molar-refractivity contribution in [3.05, 3.63) is 24.2 Å². The van der Waals surface area contributed by atoms with Gasteiger partial charge in [0.15, 0.2) is 0 Å². The third-order valence-corrected chi connectivity index (χ3v) is 2.19. The number of anilines is 1. The van der Waals surface area contributed by atoms with Crippen molar-refractivity contribution in [2.75, 3.05) is 5.73 Å². The molecule has 0 aromatic carbocycles. The summed E-state index contributed by atoms with van der Waals surface area (Å²) >= 11 is 0. The molecular weight excluding hydrogens is 190 g/mol. The summed E-state index contributed by atoms with van der Waals surface area (Å²) in [6.07, 6.45) is 2.51. The van der Waals surface area contributed by atoms with Gasteiger partial charge in [-0.2, -0.15) is 5.10 Å². The Hall–Kier alpha value is -1.91. The Morgan fingerprint density at radius 3 is 2.80 bits per heavy atom. The van der Waals surface area contributed by atoms with Gasteiger partial charge in [-0.05, 0) is 6.07 Å². The Morgan fingerprint density at radius 2 is 2.20 bits per heavy atom. The van der Waals surface area contributed by atoms with E-state index in [4.69, 9.17) is 5.73 Å². The summed E-state index contributed by atoms with van der Waals surface area (Å²) in [5.74, 6) is 1.25. The molecule has 15 heavy (non-hydrogen) atoms. The molecule has 0 aliphatic heterocycles. The lowest BCUT2D eigenvalue weighted by molar-refractivity contribution is 0.771. The number of nitrogens with two attached hydrogens (primary N) is 1. The Balaban J connectivity index is 2.53. The molecule has 78 valence electrons. The first-order chi connectivity index (χ1) is 7.20. The molecule has 0 radical (unpaired) electrons. The van der Waals surface area contributed by atoms with Crippen molar-refractivity contribution in [1.82, 2.24) is 19.7 Å². The normalized spacial score (nSPS) is 10.5. The average Bonchev–Trinajstić information content (AvgIpc) is 2.63. The quantitative estimate of drug-likeness (QED) is 0.791. The predicted octanol–water partition coefficient (Wildman–Crippen LogP) is 1.02. The van der Waals surface area contributed by atoms with Crippen molar-refractivity contribution in [3.63, 3.8) is 0 Å². The summed E-state index contributed by atoms with van der Waals surface area (Å²) < 4.78 is 1.77. The molecule has 2 aromatic rings. The van der Waals surface area contributed by atoms with Crippen molar-refractivity contribution >= 4 is 5.82 Å². The highest BCUT2D eigenvalue weighted by Gasteiger charge is 2.06. The van der Waals surface area contributed by atoms with Crippen LogP contribution in [0.3, 0.4) is 0 Å². The maximum atomic E-state index is 5.71. The van der Waals surface area contributed by atoms with Gasteiger partial charge < -0.3 is 5.73 Å². The van der Waals surface area contributed by atoms with Crippen molar-refractivity contribution in [3.8, 4) is 11.4 Å². The fraction of sp³-hybridized carbons (Fsp3) is 0.300. The van der Waals surface area contributed by atoms with Crippen LogP contribution < -0.4 is 5.73 Å². The summed E-state index contributed by atoms with van der Waals surface area (Å²) in [6, 6.07) is 3.66. The monoisotopic (exact) mass is 203 g/mol. The molecule has 0 fully saturated rings. The van der Waals surface area contributed by atoms with E-state index in [1.54, 1.807) is 16.9 Å². The first-order valence-electron chi connectivity index (χ1n) is 4.82. The number of hydrogen-bond donors (Lipinski definition) is 1. The minimum atomic E-state index is 0.498. The van der Waals surface area contributed by atoms with E-state index in [9.17, 15) is 0 Å². The molecule has 0 aliphatic rings. The van der Waals surface area contributed by atoms with E-state index < -0.39 is 0 Å². The van der Waals surface area contributed by atoms with Crippen molar-refractivity contribution in [1.29, 1.82) is 0 Å². The summed E-state index contributed by atoms with van der Waals surface area (Å²) in [5, 5.41) is 4.09. The average molecular weight is 203 g/mol. The summed E-state index contributed by atoms with van der Waals surface area (Å²) in [7, 11) is 1.87. The zero-order valence-corrected chi connectivity index (χ0v) is 8.81. The minimum absolute atomic E-state index is 0.498. The number of rotatable bonds is 2. The molecule has 2 N–H and O–H groups in total. The highest BCUT2D eigenvalue weighted by Crippen LogP contribution is 2.17. The topological polar surface area (TPSA) is 69.6 Å². The van der Waals surface area contributed by atoms with Gasteiger partial charge in [-0.15, -0.1) is 0 Å². The van der Waals surface area contributed by atoms with E-state index in [2.05, 4.69) is 15.1 Å². The van der Waals surface area contributed by atoms with Crippen LogP contribution in [-0.4, -0.2) is 19.7 Å². The summed E-state index contributed by atoms with van der Waals surface area (Å²) in [4.78, 5) is 8.53. The van der Waals surface area contributed by atoms with Gasteiger partial charge in [0.05, 0.1) is 11.4 Å². The lowest BCUT2D eigenvalue weighted by Gasteiger charge is -2.04. The maximum Gasteiger partial charge on any atom is 0.131 e. The van der Waals surface area contributed by atoms with Gasteiger partial charge >= 0.3 is 0 Å². The molecule has 0 saturated carbocycles. The second-order valence-corrected chi connectivity index (χ2v) is 3.29. The van der Waals surface area contributed by atoms with E-state index in [1.807, 2.05) is 20.0 Å². The fourth-order valence-corrected chi connectivity index (χ4v) is 1.43. The zero-order valence-electron chi connectivity index (χ0n) is 8.81. The first kappa shape index (κ1) is 9.64.